The van der Waals surface area contributed by atoms with Crippen molar-refractivity contribution in [2.75, 3.05) is 20.8 Å². The topological polar surface area (TPSA) is 97.3 Å². The highest BCUT2D eigenvalue weighted by atomic mass is 16.5. The van der Waals surface area contributed by atoms with Crippen LogP contribution in [0.2, 0.25) is 0 Å². The zero-order valence-corrected chi connectivity index (χ0v) is 13.7. The summed E-state index contributed by atoms with van der Waals surface area (Å²) in [4.78, 5) is 12.6. The molecule has 0 aromatic heterocycles. The van der Waals surface area contributed by atoms with Crippen molar-refractivity contribution in [3.05, 3.63) is 23.8 Å². The molecule has 7 nitrogen and oxygen atoms in total. The van der Waals surface area contributed by atoms with Crippen LogP contribution in [0.1, 0.15) is 24.2 Å². The number of ether oxygens (including phenoxy) is 3. The zero-order valence-electron chi connectivity index (χ0n) is 13.7. The monoisotopic (exact) mass is 325 g/mol. The molecule has 1 saturated heterocycles. The largest absolute Gasteiger partial charge is 0.497 e. The molecule has 4 atom stereocenters. The van der Waals surface area contributed by atoms with Crippen molar-refractivity contribution >= 4 is 5.91 Å². The highest BCUT2D eigenvalue weighted by Crippen LogP contribution is 2.31. The normalized spacial score (nSPS) is 30.1. The van der Waals surface area contributed by atoms with E-state index in [4.69, 9.17) is 14.2 Å². The molecule has 0 radical (unpaired) electrons. The summed E-state index contributed by atoms with van der Waals surface area (Å²) in [5.41, 5.74) is -0.671. The van der Waals surface area contributed by atoms with Gasteiger partial charge < -0.3 is 29.7 Å². The summed E-state index contributed by atoms with van der Waals surface area (Å²) < 4.78 is 15.8. The summed E-state index contributed by atoms with van der Waals surface area (Å²) in [7, 11) is 3.00. The second-order valence-corrected chi connectivity index (χ2v) is 5.78. The first kappa shape index (κ1) is 17.5. The number of benzene rings is 1. The average molecular weight is 325 g/mol. The molecular formula is C16H23NO6. The molecular weight excluding hydrogens is 302 g/mol. The Morgan fingerprint density at radius 2 is 1.87 bits per heavy atom. The van der Waals surface area contributed by atoms with E-state index in [2.05, 4.69) is 5.32 Å². The fourth-order valence-corrected chi connectivity index (χ4v) is 2.68. The predicted molar refractivity (Wildman–Crippen MR) is 82.8 cm³/mol. The van der Waals surface area contributed by atoms with Crippen molar-refractivity contribution in [1.82, 2.24) is 5.32 Å². The van der Waals surface area contributed by atoms with Crippen LogP contribution in [0.4, 0.5) is 0 Å². The van der Waals surface area contributed by atoms with Crippen molar-refractivity contribution in [2.45, 2.75) is 37.7 Å². The van der Waals surface area contributed by atoms with Gasteiger partial charge in [-0.3, -0.25) is 4.79 Å². The first-order chi connectivity index (χ1) is 10.8. The second kappa shape index (κ2) is 6.74. The van der Waals surface area contributed by atoms with Crippen molar-refractivity contribution in [2.24, 2.45) is 0 Å². The number of carbonyl (C=O) groups excluding carboxylic acids is 1. The Balaban J connectivity index is 2.25. The minimum Gasteiger partial charge on any atom is -0.497 e. The van der Waals surface area contributed by atoms with Crippen LogP contribution in [0, 0.1) is 0 Å². The lowest BCUT2D eigenvalue weighted by molar-refractivity contribution is -0.0171. The summed E-state index contributed by atoms with van der Waals surface area (Å²) in [6.45, 7) is 3.11. The molecule has 7 heteroatoms. The van der Waals surface area contributed by atoms with Gasteiger partial charge in [-0.2, -0.15) is 0 Å². The Labute approximate surface area is 135 Å². The third-order valence-corrected chi connectivity index (χ3v) is 4.37. The van der Waals surface area contributed by atoms with Gasteiger partial charge in [0.05, 0.1) is 32.5 Å². The van der Waals surface area contributed by atoms with E-state index >= 15 is 0 Å². The highest BCUT2D eigenvalue weighted by molar-refractivity contribution is 5.95. The quantitative estimate of drug-likeness (QED) is 0.722. The average Bonchev–Trinajstić information content (AvgIpc) is 2.77. The van der Waals surface area contributed by atoms with E-state index in [-0.39, 0.29) is 6.61 Å². The number of rotatable bonds is 5. The van der Waals surface area contributed by atoms with E-state index in [0.29, 0.717) is 17.1 Å². The number of hydrogen-bond donors (Lipinski definition) is 3. The minimum absolute atomic E-state index is 0.316. The first-order valence-electron chi connectivity index (χ1n) is 7.35. The molecule has 1 aromatic carbocycles. The maximum absolute atomic E-state index is 12.6. The number of methoxy groups -OCH3 is 2. The van der Waals surface area contributed by atoms with Crippen molar-refractivity contribution < 1.29 is 29.2 Å². The van der Waals surface area contributed by atoms with Gasteiger partial charge in [0.1, 0.15) is 23.7 Å². The predicted octanol–water partition coefficient (Wildman–Crippen LogP) is 0.333. The summed E-state index contributed by atoms with van der Waals surface area (Å²) >= 11 is 0. The molecule has 1 unspecified atom stereocenters. The summed E-state index contributed by atoms with van der Waals surface area (Å²) in [6, 6.07) is 4.83. The van der Waals surface area contributed by atoms with Crippen LogP contribution in [-0.4, -0.2) is 60.8 Å². The van der Waals surface area contributed by atoms with Gasteiger partial charge in [-0.05, 0) is 26.0 Å². The summed E-state index contributed by atoms with van der Waals surface area (Å²) in [6.07, 6.45) is -2.19. The zero-order chi connectivity index (χ0) is 17.2. The molecule has 1 aliphatic heterocycles. The van der Waals surface area contributed by atoms with Crippen LogP contribution < -0.4 is 14.8 Å². The van der Waals surface area contributed by atoms with Gasteiger partial charge in [0.2, 0.25) is 0 Å². The van der Waals surface area contributed by atoms with Gasteiger partial charge in [-0.25, -0.2) is 0 Å². The number of hydrogen-bond acceptors (Lipinski definition) is 6. The molecule has 1 amide bonds. The fourth-order valence-electron chi connectivity index (χ4n) is 2.68. The molecule has 0 aliphatic carbocycles. The number of carbonyl (C=O) groups is 1. The molecule has 1 fully saturated rings. The van der Waals surface area contributed by atoms with Crippen molar-refractivity contribution in [3.8, 4) is 11.5 Å². The van der Waals surface area contributed by atoms with Gasteiger partial charge in [0, 0.05) is 11.6 Å². The van der Waals surface area contributed by atoms with E-state index < -0.39 is 29.8 Å². The molecule has 1 heterocycles. The number of nitrogens with one attached hydrogen (secondary N) is 1. The fraction of sp³-hybridized carbons (Fsp3) is 0.562. The van der Waals surface area contributed by atoms with Gasteiger partial charge in [0.25, 0.3) is 5.91 Å². The number of aliphatic hydroxyl groups is 2. The van der Waals surface area contributed by atoms with Crippen LogP contribution in [0.25, 0.3) is 0 Å². The number of aliphatic hydroxyl groups excluding tert-OH is 2. The molecule has 23 heavy (non-hydrogen) atoms. The smallest absolute Gasteiger partial charge is 0.252 e. The molecule has 128 valence electrons. The van der Waals surface area contributed by atoms with Crippen LogP contribution in [-0.2, 0) is 4.74 Å². The van der Waals surface area contributed by atoms with E-state index in [1.807, 2.05) is 0 Å². The minimum atomic E-state index is -1.01. The standard InChI is InChI=1S/C16H23NO6/c1-9-16(2,14(19)13(8-18)23-9)17-15(20)10-5-11(21-3)7-12(6-10)22-4/h5-7,9,13-14,18-19H,8H2,1-4H3,(H,17,20)/t9-,13+,14?,16-/m0/s1. The molecule has 1 aliphatic rings. The van der Waals surface area contributed by atoms with Crippen LogP contribution in [0.5, 0.6) is 11.5 Å². The van der Waals surface area contributed by atoms with Crippen molar-refractivity contribution in [1.29, 1.82) is 0 Å². The summed E-state index contributed by atoms with van der Waals surface area (Å²) in [5, 5.41) is 22.4. The molecule has 0 bridgehead atoms. The van der Waals surface area contributed by atoms with Crippen molar-refractivity contribution in [3.63, 3.8) is 0 Å². The van der Waals surface area contributed by atoms with E-state index in [1.165, 1.54) is 14.2 Å². The lowest BCUT2D eigenvalue weighted by Crippen LogP contribution is -2.58. The van der Waals surface area contributed by atoms with Crippen LogP contribution >= 0.6 is 0 Å². The molecule has 3 N–H and O–H groups in total. The Kier molecular flexibility index (Phi) is 5.13. The third kappa shape index (κ3) is 3.26. The molecule has 0 spiro atoms. The van der Waals surface area contributed by atoms with Gasteiger partial charge in [0.15, 0.2) is 0 Å². The number of amides is 1. The second-order valence-electron chi connectivity index (χ2n) is 5.78. The first-order valence-corrected chi connectivity index (χ1v) is 7.35. The Bertz CT molecular complexity index is 555. The van der Waals surface area contributed by atoms with E-state index in [0.717, 1.165) is 0 Å². The van der Waals surface area contributed by atoms with Crippen LogP contribution in [0.15, 0.2) is 18.2 Å². The Morgan fingerprint density at radius 3 is 2.30 bits per heavy atom. The Hall–Kier alpha value is -1.83. The van der Waals surface area contributed by atoms with E-state index in [1.54, 1.807) is 32.0 Å². The maximum Gasteiger partial charge on any atom is 0.252 e. The Morgan fingerprint density at radius 1 is 1.30 bits per heavy atom. The molecule has 2 rings (SSSR count). The van der Waals surface area contributed by atoms with E-state index in [9.17, 15) is 15.0 Å². The van der Waals surface area contributed by atoms with Crippen LogP contribution in [0.3, 0.4) is 0 Å². The highest BCUT2D eigenvalue weighted by Gasteiger charge is 2.51. The van der Waals surface area contributed by atoms with Gasteiger partial charge in [-0.15, -0.1) is 0 Å². The van der Waals surface area contributed by atoms with Gasteiger partial charge >= 0.3 is 0 Å². The molecule has 0 saturated carbocycles. The molecule has 1 aromatic rings. The third-order valence-electron chi connectivity index (χ3n) is 4.37. The lowest BCUT2D eigenvalue weighted by Gasteiger charge is -2.32. The maximum atomic E-state index is 12.6. The summed E-state index contributed by atoms with van der Waals surface area (Å²) in [5.74, 6) is 0.589. The van der Waals surface area contributed by atoms with Gasteiger partial charge in [-0.1, -0.05) is 0 Å². The SMILES string of the molecule is COc1cc(OC)cc(C(=O)N[C@]2(C)C(O)[C@@H](CO)O[C@H]2C)c1. The lowest BCUT2D eigenvalue weighted by atomic mass is 9.89.